The number of aliphatic hydroxyl groups excluding tert-OH is 1. The van der Waals surface area contributed by atoms with E-state index in [1.54, 1.807) is 6.07 Å². The summed E-state index contributed by atoms with van der Waals surface area (Å²) in [6, 6.07) is 5.46. The van der Waals surface area contributed by atoms with E-state index in [1.165, 1.54) is 0 Å². The summed E-state index contributed by atoms with van der Waals surface area (Å²) in [6.07, 6.45) is 0.218. The Hall–Kier alpha value is -1.26. The molecule has 3 N–H and O–H groups in total. The molecule has 1 rings (SSSR count). The fraction of sp³-hybridized carbons (Fsp3) is 0.538. The van der Waals surface area contributed by atoms with Crippen molar-refractivity contribution in [1.29, 1.82) is 0 Å². The summed E-state index contributed by atoms with van der Waals surface area (Å²) in [7, 11) is 3.97. The van der Waals surface area contributed by atoms with Gasteiger partial charge >= 0.3 is 0 Å². The molecule has 0 saturated heterocycles. The van der Waals surface area contributed by atoms with Crippen molar-refractivity contribution in [3.63, 3.8) is 0 Å². The first-order chi connectivity index (χ1) is 8.04. The molecule has 0 aliphatic rings. The van der Waals surface area contributed by atoms with Crippen LogP contribution in [0.2, 0.25) is 0 Å². The average Bonchev–Trinajstić information content (AvgIpc) is 2.28. The van der Waals surface area contributed by atoms with Crippen LogP contribution < -0.4 is 10.5 Å². The molecule has 0 heterocycles. The van der Waals surface area contributed by atoms with Gasteiger partial charge in [0, 0.05) is 6.54 Å². The van der Waals surface area contributed by atoms with E-state index in [1.807, 2.05) is 38.1 Å². The van der Waals surface area contributed by atoms with Gasteiger partial charge in [0.15, 0.2) is 0 Å². The summed E-state index contributed by atoms with van der Waals surface area (Å²) in [4.78, 5) is 2.04. The van der Waals surface area contributed by atoms with Crippen LogP contribution in [0.3, 0.4) is 0 Å². The molecular formula is C13H22N2O2. The minimum absolute atomic E-state index is 0.477. The van der Waals surface area contributed by atoms with Crippen LogP contribution in [0.4, 0.5) is 5.69 Å². The predicted octanol–water partition coefficient (Wildman–Crippen LogP) is 1.65. The van der Waals surface area contributed by atoms with Gasteiger partial charge in [0.1, 0.15) is 5.75 Å². The number of rotatable bonds is 6. The van der Waals surface area contributed by atoms with Crippen molar-refractivity contribution in [3.8, 4) is 5.75 Å². The Bertz CT molecular complexity index is 353. The number of aliphatic hydroxyl groups is 1. The van der Waals surface area contributed by atoms with Crippen LogP contribution in [0.25, 0.3) is 0 Å². The van der Waals surface area contributed by atoms with Gasteiger partial charge in [-0.05, 0) is 45.1 Å². The van der Waals surface area contributed by atoms with Crippen LogP contribution in [0.15, 0.2) is 18.2 Å². The third-order valence-corrected chi connectivity index (χ3v) is 2.57. The topological polar surface area (TPSA) is 58.7 Å². The van der Waals surface area contributed by atoms with Gasteiger partial charge < -0.3 is 20.5 Å². The van der Waals surface area contributed by atoms with Crippen LogP contribution in [0, 0.1) is 0 Å². The number of benzene rings is 1. The molecule has 1 atom stereocenters. The third-order valence-electron chi connectivity index (χ3n) is 2.57. The first-order valence-electron chi connectivity index (χ1n) is 5.89. The summed E-state index contributed by atoms with van der Waals surface area (Å²) in [6.45, 7) is 3.35. The zero-order valence-electron chi connectivity index (χ0n) is 10.8. The van der Waals surface area contributed by atoms with Gasteiger partial charge in [-0.25, -0.2) is 0 Å². The molecule has 1 aromatic rings. The largest absolute Gasteiger partial charge is 0.492 e. The number of nitrogens with two attached hydrogens (primary N) is 1. The molecular weight excluding hydrogens is 216 g/mol. The Balaban J connectivity index is 2.68. The van der Waals surface area contributed by atoms with Gasteiger partial charge in [-0.15, -0.1) is 0 Å². The molecule has 0 spiro atoms. The highest BCUT2D eigenvalue weighted by molar-refractivity contribution is 5.54. The van der Waals surface area contributed by atoms with Gasteiger partial charge in [0.2, 0.25) is 0 Å². The van der Waals surface area contributed by atoms with Crippen LogP contribution in [0.1, 0.15) is 25.0 Å². The van der Waals surface area contributed by atoms with Gasteiger partial charge in [-0.2, -0.15) is 0 Å². The first kappa shape index (κ1) is 13.8. The third kappa shape index (κ3) is 4.24. The normalized spacial score (nSPS) is 12.8. The van der Waals surface area contributed by atoms with Crippen molar-refractivity contribution < 1.29 is 9.84 Å². The van der Waals surface area contributed by atoms with E-state index >= 15 is 0 Å². The molecule has 1 aromatic carbocycles. The number of anilines is 1. The molecule has 0 aromatic heterocycles. The van der Waals surface area contributed by atoms with Crippen molar-refractivity contribution in [3.05, 3.63) is 23.8 Å². The van der Waals surface area contributed by atoms with Gasteiger partial charge in [0.05, 0.1) is 18.4 Å². The summed E-state index contributed by atoms with van der Waals surface area (Å²) in [5.74, 6) is 0.677. The molecule has 0 aliphatic carbocycles. The van der Waals surface area contributed by atoms with Gasteiger partial charge in [-0.3, -0.25) is 0 Å². The van der Waals surface area contributed by atoms with E-state index in [-0.39, 0.29) is 0 Å². The Labute approximate surface area is 103 Å². The molecule has 0 saturated carbocycles. The van der Waals surface area contributed by atoms with Crippen molar-refractivity contribution in [2.24, 2.45) is 0 Å². The van der Waals surface area contributed by atoms with Crippen LogP contribution in [-0.2, 0) is 0 Å². The van der Waals surface area contributed by atoms with Crippen molar-refractivity contribution in [2.45, 2.75) is 19.4 Å². The molecule has 0 aliphatic heterocycles. The second-order valence-corrected chi connectivity index (χ2v) is 4.34. The summed E-state index contributed by atoms with van der Waals surface area (Å²) in [5.41, 5.74) is 7.27. The number of hydrogen-bond acceptors (Lipinski definition) is 4. The molecule has 0 bridgehead atoms. The van der Waals surface area contributed by atoms with Crippen LogP contribution in [0.5, 0.6) is 5.75 Å². The minimum atomic E-state index is -0.477. The fourth-order valence-corrected chi connectivity index (χ4v) is 1.61. The Kier molecular flexibility index (Phi) is 5.25. The second kappa shape index (κ2) is 6.47. The standard InChI is InChI=1S/C13H22N2O2/c1-4-17-13-6-5-10(9-11(13)14)12(16)7-8-15(2)3/h5-6,9,12,16H,4,7-8,14H2,1-3H3. The molecule has 0 amide bonds. The average molecular weight is 238 g/mol. The van der Waals surface area contributed by atoms with Gasteiger partial charge in [-0.1, -0.05) is 6.07 Å². The molecule has 96 valence electrons. The SMILES string of the molecule is CCOc1ccc(C(O)CCN(C)C)cc1N. The Morgan fingerprint density at radius 2 is 2.12 bits per heavy atom. The predicted molar refractivity (Wildman–Crippen MR) is 70.2 cm³/mol. The number of nitrogen functional groups attached to an aromatic ring is 1. The van der Waals surface area contributed by atoms with Crippen molar-refractivity contribution >= 4 is 5.69 Å². The maximum absolute atomic E-state index is 9.99. The maximum atomic E-state index is 9.99. The van der Waals surface area contributed by atoms with E-state index in [9.17, 15) is 5.11 Å². The quantitative estimate of drug-likeness (QED) is 0.740. The number of hydrogen-bond donors (Lipinski definition) is 2. The highest BCUT2D eigenvalue weighted by atomic mass is 16.5. The Morgan fingerprint density at radius 1 is 1.41 bits per heavy atom. The van der Waals surface area contributed by atoms with Gasteiger partial charge in [0.25, 0.3) is 0 Å². The molecule has 17 heavy (non-hydrogen) atoms. The van der Waals surface area contributed by atoms with E-state index in [0.717, 1.165) is 12.1 Å². The maximum Gasteiger partial charge on any atom is 0.142 e. The minimum Gasteiger partial charge on any atom is -0.492 e. The molecule has 4 nitrogen and oxygen atoms in total. The van der Waals surface area contributed by atoms with E-state index in [0.29, 0.717) is 24.5 Å². The highest BCUT2D eigenvalue weighted by Crippen LogP contribution is 2.26. The summed E-state index contributed by atoms with van der Waals surface area (Å²) < 4.78 is 5.35. The van der Waals surface area contributed by atoms with Crippen LogP contribution >= 0.6 is 0 Å². The Morgan fingerprint density at radius 3 is 2.65 bits per heavy atom. The van der Waals surface area contributed by atoms with E-state index in [4.69, 9.17) is 10.5 Å². The molecule has 0 fully saturated rings. The van der Waals surface area contributed by atoms with Crippen molar-refractivity contribution in [2.75, 3.05) is 33.0 Å². The monoisotopic (exact) mass is 238 g/mol. The van der Waals surface area contributed by atoms with Crippen LogP contribution in [-0.4, -0.2) is 37.3 Å². The van der Waals surface area contributed by atoms with Crippen molar-refractivity contribution in [1.82, 2.24) is 4.90 Å². The van der Waals surface area contributed by atoms with E-state index < -0.39 is 6.10 Å². The van der Waals surface area contributed by atoms with E-state index in [2.05, 4.69) is 0 Å². The molecule has 4 heteroatoms. The number of nitrogens with zero attached hydrogens (tertiary/aromatic N) is 1. The highest BCUT2D eigenvalue weighted by Gasteiger charge is 2.10. The lowest BCUT2D eigenvalue weighted by Gasteiger charge is -2.16. The fourth-order valence-electron chi connectivity index (χ4n) is 1.61. The summed E-state index contributed by atoms with van der Waals surface area (Å²) in [5, 5.41) is 9.99. The lowest BCUT2D eigenvalue weighted by molar-refractivity contribution is 0.154. The smallest absolute Gasteiger partial charge is 0.142 e. The summed E-state index contributed by atoms with van der Waals surface area (Å²) >= 11 is 0. The lowest BCUT2D eigenvalue weighted by Crippen LogP contribution is -2.16. The first-order valence-corrected chi connectivity index (χ1v) is 5.89. The zero-order valence-corrected chi connectivity index (χ0v) is 10.8. The molecule has 1 unspecified atom stereocenters. The zero-order chi connectivity index (χ0) is 12.8. The number of ether oxygens (including phenoxy) is 1. The lowest BCUT2D eigenvalue weighted by atomic mass is 10.1. The second-order valence-electron chi connectivity index (χ2n) is 4.34. The molecule has 0 radical (unpaired) electrons.